The molecule has 1 aromatic heterocycles. The predicted molar refractivity (Wildman–Crippen MR) is 101 cm³/mol. The van der Waals surface area contributed by atoms with Crippen molar-refractivity contribution in [1.29, 1.82) is 0 Å². The average Bonchev–Trinajstić information content (AvgIpc) is 2.43. The molecule has 3 nitrogen and oxygen atoms in total. The van der Waals surface area contributed by atoms with Crippen molar-refractivity contribution in [3.8, 4) is 11.4 Å². The number of nitrogens with one attached hydrogen (secondary N) is 1. The van der Waals surface area contributed by atoms with Crippen LogP contribution in [0.5, 0.6) is 0 Å². The number of halogens is 3. The van der Waals surface area contributed by atoms with Crippen molar-refractivity contribution in [3.05, 3.63) is 37.0 Å². The van der Waals surface area contributed by atoms with E-state index in [-0.39, 0.29) is 0 Å². The number of nitrogens with zero attached hydrogens (tertiary/aromatic N) is 2. The van der Waals surface area contributed by atoms with Gasteiger partial charge in [-0.3, -0.25) is 0 Å². The molecular formula is C15H16BrClIN3. The van der Waals surface area contributed by atoms with Crippen LogP contribution in [0.4, 0.5) is 5.82 Å². The normalized spacial score (nSPS) is 11.0. The zero-order chi connectivity index (χ0) is 15.6. The van der Waals surface area contributed by atoms with Crippen molar-refractivity contribution in [3.63, 3.8) is 0 Å². The molecule has 0 unspecified atom stereocenters. The average molecular weight is 481 g/mol. The van der Waals surface area contributed by atoms with Crippen LogP contribution in [0.1, 0.15) is 19.5 Å². The van der Waals surface area contributed by atoms with E-state index in [0.717, 1.165) is 31.5 Å². The lowest BCUT2D eigenvalue weighted by Crippen LogP contribution is -2.08. The first-order valence-electron chi connectivity index (χ1n) is 6.62. The molecule has 2 rings (SSSR count). The minimum absolute atomic E-state index is 0.536. The zero-order valence-electron chi connectivity index (χ0n) is 12.0. The van der Waals surface area contributed by atoms with Crippen LogP contribution < -0.4 is 5.32 Å². The fourth-order valence-electron chi connectivity index (χ4n) is 1.97. The van der Waals surface area contributed by atoms with E-state index in [0.29, 0.717) is 16.8 Å². The number of benzene rings is 1. The minimum Gasteiger partial charge on any atom is -0.372 e. The summed E-state index contributed by atoms with van der Waals surface area (Å²) in [6.45, 7) is 4.37. The van der Waals surface area contributed by atoms with Gasteiger partial charge in [-0.2, -0.15) is 0 Å². The van der Waals surface area contributed by atoms with Gasteiger partial charge in [0.25, 0.3) is 0 Å². The highest BCUT2D eigenvalue weighted by molar-refractivity contribution is 14.1. The molecule has 0 bridgehead atoms. The summed E-state index contributed by atoms with van der Waals surface area (Å²) in [5.74, 6) is 2.07. The van der Waals surface area contributed by atoms with E-state index in [4.69, 9.17) is 16.6 Å². The van der Waals surface area contributed by atoms with Gasteiger partial charge in [0.15, 0.2) is 5.82 Å². The quantitative estimate of drug-likeness (QED) is 0.595. The molecule has 0 aliphatic carbocycles. The number of rotatable bonds is 4. The molecule has 0 saturated heterocycles. The number of hydrogen-bond donors (Lipinski definition) is 1. The summed E-state index contributed by atoms with van der Waals surface area (Å²) < 4.78 is 2.01. The van der Waals surface area contributed by atoms with Crippen LogP contribution in [-0.4, -0.2) is 17.0 Å². The van der Waals surface area contributed by atoms with Crippen molar-refractivity contribution in [2.24, 2.45) is 5.92 Å². The molecular weight excluding hydrogens is 464 g/mol. The first-order chi connectivity index (χ1) is 9.92. The fraction of sp³-hybridized carbons (Fsp3) is 0.333. The van der Waals surface area contributed by atoms with Gasteiger partial charge in [0.1, 0.15) is 5.82 Å². The summed E-state index contributed by atoms with van der Waals surface area (Å²) in [7, 11) is 1.88. The molecule has 0 saturated carbocycles. The SMILES string of the molecule is CNc1nc(-c2cc(Cl)ccc2Br)nc(CC(C)C)c1I. The van der Waals surface area contributed by atoms with Gasteiger partial charge < -0.3 is 5.32 Å². The number of aromatic nitrogens is 2. The van der Waals surface area contributed by atoms with Gasteiger partial charge in [-0.05, 0) is 53.1 Å². The Morgan fingerprint density at radius 1 is 1.33 bits per heavy atom. The monoisotopic (exact) mass is 479 g/mol. The number of hydrogen-bond acceptors (Lipinski definition) is 3. The molecule has 1 aromatic carbocycles. The van der Waals surface area contributed by atoms with E-state index >= 15 is 0 Å². The van der Waals surface area contributed by atoms with Gasteiger partial charge in [0, 0.05) is 22.1 Å². The molecule has 0 spiro atoms. The second-order valence-corrected chi connectivity index (χ2v) is 7.50. The molecule has 1 N–H and O–H groups in total. The van der Waals surface area contributed by atoms with Crippen LogP contribution in [0.2, 0.25) is 5.02 Å². The largest absolute Gasteiger partial charge is 0.372 e. The van der Waals surface area contributed by atoms with Crippen LogP contribution in [0.3, 0.4) is 0 Å². The van der Waals surface area contributed by atoms with Crippen LogP contribution in [0.25, 0.3) is 11.4 Å². The van der Waals surface area contributed by atoms with Crippen LogP contribution in [0.15, 0.2) is 22.7 Å². The Bertz CT molecular complexity index is 662. The maximum Gasteiger partial charge on any atom is 0.163 e. The maximum atomic E-state index is 6.10. The zero-order valence-corrected chi connectivity index (χ0v) is 16.5. The smallest absolute Gasteiger partial charge is 0.163 e. The van der Waals surface area contributed by atoms with Gasteiger partial charge in [0.05, 0.1) is 9.26 Å². The third kappa shape index (κ3) is 4.07. The fourth-order valence-corrected chi connectivity index (χ4v) is 3.30. The Balaban J connectivity index is 2.60. The van der Waals surface area contributed by atoms with Crippen LogP contribution in [-0.2, 0) is 6.42 Å². The van der Waals surface area contributed by atoms with E-state index < -0.39 is 0 Å². The molecule has 0 atom stereocenters. The molecule has 112 valence electrons. The predicted octanol–water partition coefficient (Wildman–Crippen LogP) is 5.40. The van der Waals surface area contributed by atoms with E-state index in [1.54, 1.807) is 0 Å². The van der Waals surface area contributed by atoms with Crippen molar-refractivity contribution < 1.29 is 0 Å². The summed E-state index contributed by atoms with van der Waals surface area (Å²) in [5.41, 5.74) is 1.97. The second kappa shape index (κ2) is 7.24. The topological polar surface area (TPSA) is 37.8 Å². The Morgan fingerprint density at radius 3 is 2.67 bits per heavy atom. The highest BCUT2D eigenvalue weighted by atomic mass is 127. The molecule has 6 heteroatoms. The van der Waals surface area contributed by atoms with E-state index in [2.05, 4.69) is 62.7 Å². The van der Waals surface area contributed by atoms with E-state index in [1.165, 1.54) is 0 Å². The Kier molecular flexibility index (Phi) is 5.85. The molecule has 21 heavy (non-hydrogen) atoms. The van der Waals surface area contributed by atoms with Gasteiger partial charge >= 0.3 is 0 Å². The molecule has 1 heterocycles. The lowest BCUT2D eigenvalue weighted by atomic mass is 10.1. The highest BCUT2D eigenvalue weighted by Gasteiger charge is 2.15. The third-order valence-electron chi connectivity index (χ3n) is 2.93. The molecule has 2 aromatic rings. The van der Waals surface area contributed by atoms with Gasteiger partial charge in [-0.25, -0.2) is 9.97 Å². The Morgan fingerprint density at radius 2 is 2.05 bits per heavy atom. The van der Waals surface area contributed by atoms with Gasteiger partial charge in [-0.15, -0.1) is 0 Å². The lowest BCUT2D eigenvalue weighted by molar-refractivity contribution is 0.632. The third-order valence-corrected chi connectivity index (χ3v) is 4.99. The van der Waals surface area contributed by atoms with Crippen LogP contribution in [0, 0.1) is 9.49 Å². The summed E-state index contributed by atoms with van der Waals surface area (Å²) >= 11 is 11.9. The maximum absolute atomic E-state index is 6.10. The summed E-state index contributed by atoms with van der Waals surface area (Å²) in [6.07, 6.45) is 0.917. The molecule has 0 aliphatic heterocycles. The van der Waals surface area contributed by atoms with Gasteiger partial charge in [-0.1, -0.05) is 41.4 Å². The standard InChI is InChI=1S/C15H16BrClIN3/c1-8(2)6-12-13(18)15(19-3)21-14(20-12)10-7-9(17)4-5-11(10)16/h4-5,7-8H,6H2,1-3H3,(H,19,20,21). The first kappa shape index (κ1) is 17.0. The van der Waals surface area contributed by atoms with Gasteiger partial charge in [0.2, 0.25) is 0 Å². The molecule has 0 aliphatic rings. The highest BCUT2D eigenvalue weighted by Crippen LogP contribution is 2.31. The van der Waals surface area contributed by atoms with Crippen molar-refractivity contribution in [2.75, 3.05) is 12.4 Å². The Labute approximate surface area is 152 Å². The van der Waals surface area contributed by atoms with Crippen molar-refractivity contribution in [1.82, 2.24) is 9.97 Å². The van der Waals surface area contributed by atoms with Crippen molar-refractivity contribution in [2.45, 2.75) is 20.3 Å². The minimum atomic E-state index is 0.536. The van der Waals surface area contributed by atoms with E-state index in [1.807, 2.05) is 25.2 Å². The summed E-state index contributed by atoms with van der Waals surface area (Å²) in [4.78, 5) is 9.36. The lowest BCUT2D eigenvalue weighted by Gasteiger charge is -2.13. The van der Waals surface area contributed by atoms with Crippen molar-refractivity contribution >= 4 is 55.9 Å². The summed E-state index contributed by atoms with van der Waals surface area (Å²) in [5, 5.41) is 3.82. The van der Waals surface area contributed by atoms with Crippen LogP contribution >= 0.6 is 50.1 Å². The first-order valence-corrected chi connectivity index (χ1v) is 8.87. The van der Waals surface area contributed by atoms with E-state index in [9.17, 15) is 0 Å². The Hall–Kier alpha value is -0.400. The molecule has 0 fully saturated rings. The molecule has 0 amide bonds. The second-order valence-electron chi connectivity index (χ2n) is 5.13. The summed E-state index contributed by atoms with van der Waals surface area (Å²) in [6, 6.07) is 5.64. The number of anilines is 1. The molecule has 0 radical (unpaired) electrons.